The number of benzene rings is 2. The fourth-order valence-electron chi connectivity index (χ4n) is 2.98. The molecule has 0 bridgehead atoms. The van der Waals surface area contributed by atoms with Gasteiger partial charge in [0.25, 0.3) is 0 Å². The molecule has 0 spiro atoms. The van der Waals surface area contributed by atoms with Crippen LogP contribution >= 0.6 is 0 Å². The third kappa shape index (κ3) is 7.21. The molecule has 0 saturated carbocycles. The van der Waals surface area contributed by atoms with Crippen molar-refractivity contribution in [3.8, 4) is 11.3 Å². The number of aliphatic hydroxyl groups is 1. The van der Waals surface area contributed by atoms with Gasteiger partial charge in [0.15, 0.2) is 0 Å². The Morgan fingerprint density at radius 2 is 1.57 bits per heavy atom. The van der Waals surface area contributed by atoms with Crippen molar-refractivity contribution in [1.82, 2.24) is 9.99 Å². The van der Waals surface area contributed by atoms with Crippen LogP contribution in [0.1, 0.15) is 17.5 Å². The summed E-state index contributed by atoms with van der Waals surface area (Å²) in [4.78, 5) is 4.37. The normalized spacial score (nSPS) is 11.6. The van der Waals surface area contributed by atoms with Gasteiger partial charge in [-0.25, -0.2) is 5.01 Å². The number of nitrogens with two attached hydrogens (primary N) is 2. The van der Waals surface area contributed by atoms with Gasteiger partial charge in [-0.2, -0.15) is 0 Å². The van der Waals surface area contributed by atoms with Gasteiger partial charge in [0, 0.05) is 38.0 Å². The number of hydrogen-bond acceptors (Lipinski definition) is 5. The molecule has 0 fully saturated rings. The molecule has 1 atom stereocenters. The molecular formula is C23H30N4O. The Labute approximate surface area is 167 Å². The number of hydrazine groups is 1. The van der Waals surface area contributed by atoms with E-state index >= 15 is 0 Å². The van der Waals surface area contributed by atoms with Crippen molar-refractivity contribution < 1.29 is 5.11 Å². The summed E-state index contributed by atoms with van der Waals surface area (Å²) in [5, 5.41) is 8.83. The lowest BCUT2D eigenvalue weighted by Gasteiger charge is -2.19. The quantitative estimate of drug-likeness (QED) is 0.414. The molecule has 1 aromatic heterocycles. The Bertz CT molecular complexity index is 779. The van der Waals surface area contributed by atoms with Crippen molar-refractivity contribution in [3.63, 3.8) is 0 Å². The molecule has 0 aliphatic rings. The fraction of sp³-hybridized carbons (Fsp3) is 0.261. The number of aliphatic hydroxyl groups excluding tert-OH is 1. The Morgan fingerprint density at radius 1 is 0.893 bits per heavy atom. The zero-order valence-corrected chi connectivity index (χ0v) is 16.4. The first-order valence-electron chi connectivity index (χ1n) is 9.45. The predicted molar refractivity (Wildman–Crippen MR) is 115 cm³/mol. The molecule has 1 heterocycles. The van der Waals surface area contributed by atoms with Crippen LogP contribution in [0.2, 0.25) is 0 Å². The average molecular weight is 379 g/mol. The summed E-state index contributed by atoms with van der Waals surface area (Å²) >= 11 is 0. The standard InChI is InChI=1S/C22H26N4.CH4O/c23-21(16-18-6-2-1-3-7-18)13-15-26(24)17-19-9-11-20(12-10-19)22-8-4-5-14-25-22;1-2/h1-12,14,21H,13,15-17,23-24H2;2H,1H3/t21-;/m1./s1. The molecule has 28 heavy (non-hydrogen) atoms. The summed E-state index contributed by atoms with van der Waals surface area (Å²) in [5.41, 5.74) is 10.8. The highest BCUT2D eigenvalue weighted by molar-refractivity contribution is 5.58. The third-order valence-corrected chi connectivity index (χ3v) is 4.43. The smallest absolute Gasteiger partial charge is 0.0701 e. The van der Waals surface area contributed by atoms with Crippen LogP contribution in [0.5, 0.6) is 0 Å². The molecule has 0 unspecified atom stereocenters. The Hall–Kier alpha value is -2.57. The molecule has 5 nitrogen and oxygen atoms in total. The Balaban J connectivity index is 0.00000136. The van der Waals surface area contributed by atoms with Gasteiger partial charge >= 0.3 is 0 Å². The van der Waals surface area contributed by atoms with Gasteiger partial charge in [0.1, 0.15) is 0 Å². The SMILES string of the molecule is CO.N[C@H](CCN(N)Cc1ccc(-c2ccccn2)cc1)Cc1ccccc1. The van der Waals surface area contributed by atoms with Crippen molar-refractivity contribution in [2.24, 2.45) is 11.6 Å². The summed E-state index contributed by atoms with van der Waals surface area (Å²) in [7, 11) is 1.00. The molecule has 0 saturated heterocycles. The minimum atomic E-state index is 0.120. The Morgan fingerprint density at radius 3 is 2.21 bits per heavy atom. The summed E-state index contributed by atoms with van der Waals surface area (Å²) in [5.74, 6) is 6.16. The summed E-state index contributed by atoms with van der Waals surface area (Å²) in [6.07, 6.45) is 3.56. The van der Waals surface area contributed by atoms with Crippen LogP contribution < -0.4 is 11.6 Å². The molecule has 0 aliphatic carbocycles. The molecule has 2 aromatic carbocycles. The van der Waals surface area contributed by atoms with Gasteiger partial charge < -0.3 is 10.8 Å². The van der Waals surface area contributed by atoms with Gasteiger partial charge in [-0.1, -0.05) is 60.7 Å². The van der Waals surface area contributed by atoms with E-state index in [2.05, 4.69) is 41.4 Å². The van der Waals surface area contributed by atoms with Crippen molar-refractivity contribution in [2.45, 2.75) is 25.4 Å². The zero-order valence-electron chi connectivity index (χ0n) is 16.4. The van der Waals surface area contributed by atoms with E-state index < -0.39 is 0 Å². The minimum Gasteiger partial charge on any atom is -0.400 e. The summed E-state index contributed by atoms with van der Waals surface area (Å²) in [6.45, 7) is 1.48. The van der Waals surface area contributed by atoms with E-state index in [1.165, 1.54) is 11.1 Å². The fourth-order valence-corrected chi connectivity index (χ4v) is 2.98. The zero-order chi connectivity index (χ0) is 20.2. The van der Waals surface area contributed by atoms with Crippen LogP contribution in [0, 0.1) is 0 Å². The monoisotopic (exact) mass is 378 g/mol. The van der Waals surface area contributed by atoms with E-state index in [0.29, 0.717) is 6.54 Å². The first-order valence-corrected chi connectivity index (χ1v) is 9.45. The second-order valence-corrected chi connectivity index (χ2v) is 6.62. The number of pyridine rings is 1. The second kappa shape index (κ2) is 12.0. The minimum absolute atomic E-state index is 0.120. The molecule has 0 amide bonds. The lowest BCUT2D eigenvalue weighted by atomic mass is 10.0. The van der Waals surface area contributed by atoms with Crippen molar-refractivity contribution >= 4 is 0 Å². The highest BCUT2D eigenvalue weighted by Crippen LogP contribution is 2.17. The van der Waals surface area contributed by atoms with E-state index in [0.717, 1.165) is 37.8 Å². The van der Waals surface area contributed by atoms with Gasteiger partial charge in [0.05, 0.1) is 5.69 Å². The number of hydrogen-bond donors (Lipinski definition) is 3. The molecule has 0 aliphatic heterocycles. The van der Waals surface area contributed by atoms with Crippen LogP contribution in [-0.2, 0) is 13.0 Å². The van der Waals surface area contributed by atoms with E-state index in [-0.39, 0.29) is 6.04 Å². The van der Waals surface area contributed by atoms with E-state index in [1.807, 2.05) is 47.6 Å². The van der Waals surface area contributed by atoms with Crippen LogP contribution in [0.3, 0.4) is 0 Å². The molecule has 5 heteroatoms. The van der Waals surface area contributed by atoms with Gasteiger partial charge in [0.2, 0.25) is 0 Å². The maximum Gasteiger partial charge on any atom is 0.0701 e. The topological polar surface area (TPSA) is 88.4 Å². The van der Waals surface area contributed by atoms with Crippen LogP contribution in [0.15, 0.2) is 79.0 Å². The molecular weight excluding hydrogens is 348 g/mol. The largest absolute Gasteiger partial charge is 0.400 e. The van der Waals surface area contributed by atoms with Crippen LogP contribution in [-0.4, -0.2) is 34.8 Å². The van der Waals surface area contributed by atoms with Crippen molar-refractivity contribution in [1.29, 1.82) is 0 Å². The van der Waals surface area contributed by atoms with Gasteiger partial charge in [-0.3, -0.25) is 10.8 Å². The summed E-state index contributed by atoms with van der Waals surface area (Å²) < 4.78 is 0. The molecule has 3 rings (SSSR count). The van der Waals surface area contributed by atoms with Crippen LogP contribution in [0.25, 0.3) is 11.3 Å². The first-order chi connectivity index (χ1) is 13.7. The van der Waals surface area contributed by atoms with E-state index in [1.54, 1.807) is 0 Å². The third-order valence-electron chi connectivity index (χ3n) is 4.43. The first kappa shape index (κ1) is 21.7. The van der Waals surface area contributed by atoms with Crippen molar-refractivity contribution in [2.75, 3.05) is 13.7 Å². The van der Waals surface area contributed by atoms with Gasteiger partial charge in [-0.05, 0) is 36.1 Å². The maximum atomic E-state index is 7.00. The highest BCUT2D eigenvalue weighted by atomic mass is 16.2. The second-order valence-electron chi connectivity index (χ2n) is 6.62. The lowest BCUT2D eigenvalue weighted by molar-refractivity contribution is 0.262. The highest BCUT2D eigenvalue weighted by Gasteiger charge is 2.07. The average Bonchev–Trinajstić information content (AvgIpc) is 2.76. The lowest BCUT2D eigenvalue weighted by Crippen LogP contribution is -2.35. The number of aromatic nitrogens is 1. The van der Waals surface area contributed by atoms with Gasteiger partial charge in [-0.15, -0.1) is 0 Å². The molecule has 148 valence electrons. The van der Waals surface area contributed by atoms with Crippen LogP contribution in [0.4, 0.5) is 0 Å². The molecule has 0 radical (unpaired) electrons. The number of rotatable bonds is 8. The maximum absolute atomic E-state index is 7.00. The predicted octanol–water partition coefficient (Wildman–Crippen LogP) is 2.99. The van der Waals surface area contributed by atoms with Crippen molar-refractivity contribution in [3.05, 3.63) is 90.1 Å². The molecule has 3 aromatic rings. The summed E-state index contributed by atoms with van der Waals surface area (Å²) in [6, 6.07) is 24.8. The van der Waals surface area contributed by atoms with E-state index in [9.17, 15) is 0 Å². The van der Waals surface area contributed by atoms with E-state index in [4.69, 9.17) is 16.7 Å². The number of nitrogens with zero attached hydrogens (tertiary/aromatic N) is 2. The molecule has 5 N–H and O–H groups in total. The Kier molecular flexibility index (Phi) is 9.31.